The second-order valence-corrected chi connectivity index (χ2v) is 7.05. The zero-order valence-electron chi connectivity index (χ0n) is 10.3. The summed E-state index contributed by atoms with van der Waals surface area (Å²) in [7, 11) is -2.87. The van der Waals surface area contributed by atoms with E-state index in [1.807, 2.05) is 0 Å². The fourth-order valence-corrected chi connectivity index (χ4v) is 4.04. The van der Waals surface area contributed by atoms with Crippen LogP contribution in [0.1, 0.15) is 31.0 Å². The van der Waals surface area contributed by atoms with E-state index in [2.05, 4.69) is 10.1 Å². The van der Waals surface area contributed by atoms with Crippen molar-refractivity contribution >= 4 is 9.84 Å². The maximum atomic E-state index is 11.5. The first-order chi connectivity index (χ1) is 8.59. The van der Waals surface area contributed by atoms with Crippen molar-refractivity contribution in [3.05, 3.63) is 11.7 Å². The number of sulfone groups is 1. The van der Waals surface area contributed by atoms with Gasteiger partial charge in [-0.15, -0.1) is 0 Å². The van der Waals surface area contributed by atoms with Gasteiger partial charge in [-0.05, 0) is 31.7 Å². The van der Waals surface area contributed by atoms with Crippen LogP contribution in [0, 0.1) is 5.92 Å². The van der Waals surface area contributed by atoms with Gasteiger partial charge in [0.2, 0.25) is 5.89 Å². The normalized spacial score (nSPS) is 23.1. The summed E-state index contributed by atoms with van der Waals surface area (Å²) in [5.41, 5.74) is 5.41. The quantitative estimate of drug-likeness (QED) is 0.830. The lowest BCUT2D eigenvalue weighted by atomic mass is 10.0. The van der Waals surface area contributed by atoms with E-state index in [4.69, 9.17) is 10.3 Å². The average molecular weight is 273 g/mol. The van der Waals surface area contributed by atoms with Crippen LogP contribution in [-0.2, 0) is 22.7 Å². The molecule has 18 heavy (non-hydrogen) atoms. The molecule has 1 aromatic heterocycles. The predicted octanol–water partition coefficient (Wildman–Crippen LogP) is 0.328. The molecule has 7 heteroatoms. The molecule has 2 heterocycles. The number of hydrogen-bond donors (Lipinski definition) is 1. The van der Waals surface area contributed by atoms with Crippen molar-refractivity contribution in [3.8, 4) is 0 Å². The van der Waals surface area contributed by atoms with Gasteiger partial charge in [-0.3, -0.25) is 0 Å². The molecule has 102 valence electrons. The number of aryl methyl sites for hydroxylation is 1. The third kappa shape index (κ3) is 3.78. The Bertz CT molecular complexity index is 483. The summed E-state index contributed by atoms with van der Waals surface area (Å²) < 4.78 is 28.2. The average Bonchev–Trinajstić information content (AvgIpc) is 2.73. The van der Waals surface area contributed by atoms with Gasteiger partial charge in [0, 0.05) is 12.8 Å². The molecule has 2 N–H and O–H groups in total. The van der Waals surface area contributed by atoms with Crippen molar-refractivity contribution in [1.29, 1.82) is 0 Å². The molecule has 0 bridgehead atoms. The number of hydrogen-bond acceptors (Lipinski definition) is 6. The minimum atomic E-state index is -2.87. The van der Waals surface area contributed by atoms with Crippen LogP contribution in [0.25, 0.3) is 0 Å². The minimum Gasteiger partial charge on any atom is -0.339 e. The topological polar surface area (TPSA) is 99.1 Å². The summed E-state index contributed by atoms with van der Waals surface area (Å²) >= 11 is 0. The van der Waals surface area contributed by atoms with E-state index in [9.17, 15) is 8.42 Å². The van der Waals surface area contributed by atoms with Crippen LogP contribution < -0.4 is 5.73 Å². The Morgan fingerprint density at radius 2 is 2.28 bits per heavy atom. The minimum absolute atomic E-state index is 0.117. The zero-order chi connectivity index (χ0) is 13.0. The Balaban J connectivity index is 1.91. The molecule has 1 fully saturated rings. The van der Waals surface area contributed by atoms with Gasteiger partial charge >= 0.3 is 0 Å². The van der Waals surface area contributed by atoms with Crippen LogP contribution in [0.15, 0.2) is 4.52 Å². The van der Waals surface area contributed by atoms with E-state index in [0.717, 1.165) is 19.3 Å². The molecule has 0 aromatic carbocycles. The monoisotopic (exact) mass is 273 g/mol. The van der Waals surface area contributed by atoms with Crippen LogP contribution in [0.3, 0.4) is 0 Å². The number of aromatic nitrogens is 2. The van der Waals surface area contributed by atoms with Gasteiger partial charge in [-0.25, -0.2) is 8.42 Å². The largest absolute Gasteiger partial charge is 0.339 e. The van der Waals surface area contributed by atoms with E-state index >= 15 is 0 Å². The molecule has 0 spiro atoms. The van der Waals surface area contributed by atoms with E-state index in [-0.39, 0.29) is 11.7 Å². The summed E-state index contributed by atoms with van der Waals surface area (Å²) in [6, 6.07) is 0. The fraction of sp³-hybridized carbons (Fsp3) is 0.818. The Kier molecular flexibility index (Phi) is 4.34. The molecule has 1 atom stereocenters. The number of nitrogens with two attached hydrogens (primary N) is 1. The highest BCUT2D eigenvalue weighted by Gasteiger charge is 2.26. The second-order valence-electron chi connectivity index (χ2n) is 4.82. The molecule has 0 aliphatic carbocycles. The first-order valence-electron chi connectivity index (χ1n) is 6.31. The molecule has 1 aliphatic rings. The Labute approximate surface area is 107 Å². The molecule has 6 nitrogen and oxygen atoms in total. The van der Waals surface area contributed by atoms with E-state index < -0.39 is 9.84 Å². The van der Waals surface area contributed by atoms with Gasteiger partial charge in [-0.1, -0.05) is 5.16 Å². The zero-order valence-corrected chi connectivity index (χ0v) is 11.2. The van der Waals surface area contributed by atoms with Crippen LogP contribution in [0.2, 0.25) is 0 Å². The molecule has 0 radical (unpaired) electrons. The van der Waals surface area contributed by atoms with E-state index in [0.29, 0.717) is 36.9 Å². The predicted molar refractivity (Wildman–Crippen MR) is 66.8 cm³/mol. The molecule has 2 rings (SSSR count). The maximum Gasteiger partial charge on any atom is 0.226 e. The number of nitrogens with zero attached hydrogens (tertiary/aromatic N) is 2. The van der Waals surface area contributed by atoms with Crippen LogP contribution in [0.5, 0.6) is 0 Å². The summed E-state index contributed by atoms with van der Waals surface area (Å²) in [4.78, 5) is 4.26. The van der Waals surface area contributed by atoms with Crippen LogP contribution in [0.4, 0.5) is 0 Å². The van der Waals surface area contributed by atoms with Crippen molar-refractivity contribution in [2.24, 2.45) is 11.7 Å². The van der Waals surface area contributed by atoms with Crippen molar-refractivity contribution in [2.45, 2.75) is 32.1 Å². The lowest BCUT2D eigenvalue weighted by Crippen LogP contribution is -2.26. The first-order valence-corrected chi connectivity index (χ1v) is 8.13. The van der Waals surface area contributed by atoms with Gasteiger partial charge in [-0.2, -0.15) is 4.98 Å². The van der Waals surface area contributed by atoms with Crippen molar-refractivity contribution in [3.63, 3.8) is 0 Å². The van der Waals surface area contributed by atoms with Crippen molar-refractivity contribution in [2.75, 3.05) is 18.1 Å². The summed E-state index contributed by atoms with van der Waals surface area (Å²) in [6.45, 7) is 0.602. The highest BCUT2D eigenvalue weighted by molar-refractivity contribution is 7.91. The lowest BCUT2D eigenvalue weighted by Gasteiger charge is -2.19. The van der Waals surface area contributed by atoms with Crippen LogP contribution >= 0.6 is 0 Å². The smallest absolute Gasteiger partial charge is 0.226 e. The molecule has 1 aromatic rings. The SMILES string of the molecule is NCCCc1noc(CC2CCCS(=O)(=O)C2)n1. The van der Waals surface area contributed by atoms with Crippen molar-refractivity contribution in [1.82, 2.24) is 10.1 Å². The number of rotatable bonds is 5. The lowest BCUT2D eigenvalue weighted by molar-refractivity contribution is 0.346. The second kappa shape index (κ2) is 5.79. The van der Waals surface area contributed by atoms with Crippen LogP contribution in [-0.4, -0.2) is 36.6 Å². The third-order valence-corrected chi connectivity index (χ3v) is 5.03. The maximum absolute atomic E-state index is 11.5. The molecule has 0 saturated carbocycles. The molecular formula is C11H19N3O3S. The fourth-order valence-electron chi connectivity index (χ4n) is 2.26. The summed E-state index contributed by atoms with van der Waals surface area (Å²) in [5.74, 6) is 1.88. The molecule has 1 unspecified atom stereocenters. The summed E-state index contributed by atoms with van der Waals surface area (Å²) in [6.07, 6.45) is 3.76. The van der Waals surface area contributed by atoms with Crippen molar-refractivity contribution < 1.29 is 12.9 Å². The first kappa shape index (κ1) is 13.5. The summed E-state index contributed by atoms with van der Waals surface area (Å²) in [5, 5.41) is 3.86. The van der Waals surface area contributed by atoms with Gasteiger partial charge in [0.05, 0.1) is 11.5 Å². The Morgan fingerprint density at radius 3 is 3.00 bits per heavy atom. The molecule has 0 amide bonds. The highest BCUT2D eigenvalue weighted by Crippen LogP contribution is 2.21. The molecule has 1 aliphatic heterocycles. The third-order valence-electron chi connectivity index (χ3n) is 3.14. The van der Waals surface area contributed by atoms with Gasteiger partial charge in [0.15, 0.2) is 15.7 Å². The van der Waals surface area contributed by atoms with Gasteiger partial charge in [0.25, 0.3) is 0 Å². The van der Waals surface area contributed by atoms with Gasteiger partial charge in [0.1, 0.15) is 0 Å². The Morgan fingerprint density at radius 1 is 1.44 bits per heavy atom. The standard InChI is InChI=1S/C11H19N3O3S/c12-5-1-4-10-13-11(17-14-10)7-9-3-2-6-18(15,16)8-9/h9H,1-8,12H2. The van der Waals surface area contributed by atoms with E-state index in [1.54, 1.807) is 0 Å². The van der Waals surface area contributed by atoms with Gasteiger partial charge < -0.3 is 10.3 Å². The molecule has 1 saturated heterocycles. The Hall–Kier alpha value is -0.950. The highest BCUT2D eigenvalue weighted by atomic mass is 32.2. The molecular weight excluding hydrogens is 254 g/mol. The van der Waals surface area contributed by atoms with E-state index in [1.165, 1.54) is 0 Å².